The Morgan fingerprint density at radius 2 is 1.38 bits per heavy atom. The van der Waals surface area contributed by atoms with E-state index in [0.717, 1.165) is 11.1 Å². The van der Waals surface area contributed by atoms with Crippen LogP contribution in [0.15, 0.2) is 60.8 Å². The van der Waals surface area contributed by atoms with Crippen LogP contribution >= 0.6 is 0 Å². The quantitative estimate of drug-likeness (QED) is 0.756. The molecule has 2 amide bonds. The number of aromatic nitrogens is 2. The Labute approximate surface area is 151 Å². The molecule has 0 radical (unpaired) electrons. The molecule has 3 aromatic rings. The summed E-state index contributed by atoms with van der Waals surface area (Å²) >= 11 is 0. The van der Waals surface area contributed by atoms with Crippen LogP contribution in [-0.2, 0) is 0 Å². The summed E-state index contributed by atoms with van der Waals surface area (Å²) in [5.74, 6) is -0.149. The van der Waals surface area contributed by atoms with Crippen molar-refractivity contribution < 1.29 is 9.59 Å². The molecule has 0 fully saturated rings. The topological polar surface area (TPSA) is 84.0 Å². The van der Waals surface area contributed by atoms with E-state index in [4.69, 9.17) is 0 Å². The molecule has 6 heteroatoms. The van der Waals surface area contributed by atoms with Crippen molar-refractivity contribution in [2.45, 2.75) is 13.8 Å². The maximum atomic E-state index is 12.3. The first kappa shape index (κ1) is 17.3. The van der Waals surface area contributed by atoms with E-state index in [0.29, 0.717) is 16.9 Å². The van der Waals surface area contributed by atoms with Gasteiger partial charge in [-0.2, -0.15) is 4.98 Å². The van der Waals surface area contributed by atoms with Gasteiger partial charge in [0.2, 0.25) is 5.95 Å². The minimum Gasteiger partial charge on any atom is -0.306 e. The first-order chi connectivity index (χ1) is 12.5. The number of aryl methyl sites for hydroxylation is 2. The van der Waals surface area contributed by atoms with E-state index in [-0.39, 0.29) is 17.8 Å². The van der Waals surface area contributed by atoms with Crippen LogP contribution in [0.1, 0.15) is 31.8 Å². The van der Waals surface area contributed by atoms with Crippen LogP contribution in [0, 0.1) is 13.8 Å². The molecule has 0 aliphatic carbocycles. The Balaban J connectivity index is 1.72. The fourth-order valence-electron chi connectivity index (χ4n) is 2.42. The lowest BCUT2D eigenvalue weighted by Crippen LogP contribution is -2.17. The SMILES string of the molecule is Cc1cccc(C(=O)Nc2ccnc(NC(=O)c3cccc(C)c3)n2)c1. The molecule has 3 rings (SSSR count). The number of carbonyl (C=O) groups is 2. The molecule has 130 valence electrons. The molecule has 0 bridgehead atoms. The van der Waals surface area contributed by atoms with Gasteiger partial charge < -0.3 is 5.32 Å². The van der Waals surface area contributed by atoms with E-state index in [2.05, 4.69) is 20.6 Å². The molecule has 0 saturated heterocycles. The van der Waals surface area contributed by atoms with E-state index in [9.17, 15) is 9.59 Å². The van der Waals surface area contributed by atoms with Crippen molar-refractivity contribution in [2.75, 3.05) is 10.6 Å². The van der Waals surface area contributed by atoms with Crippen LogP contribution in [0.25, 0.3) is 0 Å². The van der Waals surface area contributed by atoms with E-state index in [1.807, 2.05) is 38.1 Å². The molecule has 1 heterocycles. The summed E-state index contributed by atoms with van der Waals surface area (Å²) in [5.41, 5.74) is 3.03. The summed E-state index contributed by atoms with van der Waals surface area (Å²) in [6.45, 7) is 3.83. The van der Waals surface area contributed by atoms with Gasteiger partial charge in [-0.15, -0.1) is 0 Å². The Kier molecular flexibility index (Phi) is 5.03. The normalized spacial score (nSPS) is 10.2. The second-order valence-electron chi connectivity index (χ2n) is 5.91. The van der Waals surface area contributed by atoms with Gasteiger partial charge in [0.15, 0.2) is 0 Å². The predicted molar refractivity (Wildman–Crippen MR) is 100 cm³/mol. The second-order valence-corrected chi connectivity index (χ2v) is 5.91. The smallest absolute Gasteiger partial charge is 0.258 e. The molecule has 0 spiro atoms. The largest absolute Gasteiger partial charge is 0.306 e. The predicted octanol–water partition coefficient (Wildman–Crippen LogP) is 3.60. The molecule has 0 saturated carbocycles. The van der Waals surface area contributed by atoms with Crippen molar-refractivity contribution in [3.63, 3.8) is 0 Å². The summed E-state index contributed by atoms with van der Waals surface area (Å²) < 4.78 is 0. The van der Waals surface area contributed by atoms with Crippen molar-refractivity contribution in [3.8, 4) is 0 Å². The molecule has 0 aliphatic heterocycles. The second kappa shape index (κ2) is 7.57. The lowest BCUT2D eigenvalue weighted by molar-refractivity contribution is 0.101. The van der Waals surface area contributed by atoms with Gasteiger partial charge in [0.1, 0.15) is 5.82 Å². The average molecular weight is 346 g/mol. The summed E-state index contributed by atoms with van der Waals surface area (Å²) in [6.07, 6.45) is 1.48. The highest BCUT2D eigenvalue weighted by Crippen LogP contribution is 2.11. The molecular formula is C20H18N4O2. The molecule has 0 unspecified atom stereocenters. The van der Waals surface area contributed by atoms with Crippen molar-refractivity contribution in [1.29, 1.82) is 0 Å². The van der Waals surface area contributed by atoms with Crippen molar-refractivity contribution in [1.82, 2.24) is 9.97 Å². The highest BCUT2D eigenvalue weighted by atomic mass is 16.2. The minimum absolute atomic E-state index is 0.124. The summed E-state index contributed by atoms with van der Waals surface area (Å²) in [4.78, 5) is 32.8. The zero-order valence-electron chi connectivity index (χ0n) is 14.5. The highest BCUT2D eigenvalue weighted by molar-refractivity contribution is 6.05. The fraction of sp³-hybridized carbons (Fsp3) is 0.100. The molecule has 26 heavy (non-hydrogen) atoms. The first-order valence-electron chi connectivity index (χ1n) is 8.10. The number of hydrogen-bond acceptors (Lipinski definition) is 4. The van der Waals surface area contributed by atoms with Crippen LogP contribution in [0.5, 0.6) is 0 Å². The molecule has 2 aromatic carbocycles. The van der Waals surface area contributed by atoms with E-state index >= 15 is 0 Å². The standard InChI is InChI=1S/C20H18N4O2/c1-13-5-3-7-15(11-13)18(25)22-17-9-10-21-20(23-17)24-19(26)16-8-4-6-14(2)12-16/h3-12H,1-2H3,(H2,21,22,23,24,25,26). The minimum atomic E-state index is -0.309. The first-order valence-corrected chi connectivity index (χ1v) is 8.10. The third-order valence-electron chi connectivity index (χ3n) is 3.68. The maximum Gasteiger partial charge on any atom is 0.258 e. The van der Waals surface area contributed by atoms with Crippen molar-refractivity contribution >= 4 is 23.6 Å². The molecule has 1 aromatic heterocycles. The Morgan fingerprint density at radius 3 is 1.96 bits per heavy atom. The van der Waals surface area contributed by atoms with Crippen LogP contribution in [0.3, 0.4) is 0 Å². The van der Waals surface area contributed by atoms with Crippen LogP contribution < -0.4 is 10.6 Å². The van der Waals surface area contributed by atoms with Gasteiger partial charge in [0.05, 0.1) is 0 Å². The van der Waals surface area contributed by atoms with E-state index < -0.39 is 0 Å². The molecule has 0 atom stereocenters. The van der Waals surface area contributed by atoms with Crippen molar-refractivity contribution in [2.24, 2.45) is 0 Å². The Morgan fingerprint density at radius 1 is 0.808 bits per heavy atom. The summed E-state index contributed by atoms with van der Waals surface area (Å²) in [6, 6.07) is 16.0. The summed E-state index contributed by atoms with van der Waals surface area (Å²) in [5, 5.41) is 5.34. The highest BCUT2D eigenvalue weighted by Gasteiger charge is 2.10. The third kappa shape index (κ3) is 4.30. The van der Waals surface area contributed by atoms with E-state index in [1.165, 1.54) is 6.20 Å². The zero-order chi connectivity index (χ0) is 18.5. The number of amides is 2. The monoisotopic (exact) mass is 346 g/mol. The average Bonchev–Trinajstić information content (AvgIpc) is 2.62. The fourth-order valence-corrected chi connectivity index (χ4v) is 2.42. The Hall–Kier alpha value is -3.54. The van der Waals surface area contributed by atoms with Gasteiger partial charge in [-0.25, -0.2) is 4.98 Å². The molecule has 2 N–H and O–H groups in total. The van der Waals surface area contributed by atoms with Gasteiger partial charge in [-0.3, -0.25) is 14.9 Å². The maximum absolute atomic E-state index is 12.3. The van der Waals surface area contributed by atoms with E-state index in [1.54, 1.807) is 30.3 Å². The number of nitrogens with one attached hydrogen (secondary N) is 2. The van der Waals surface area contributed by atoms with Gasteiger partial charge in [-0.05, 0) is 44.2 Å². The summed E-state index contributed by atoms with van der Waals surface area (Å²) in [7, 11) is 0. The Bertz CT molecular complexity index is 895. The molecule has 6 nitrogen and oxygen atoms in total. The van der Waals surface area contributed by atoms with Crippen LogP contribution in [0.4, 0.5) is 11.8 Å². The van der Waals surface area contributed by atoms with Crippen LogP contribution in [0.2, 0.25) is 0 Å². The molecular weight excluding hydrogens is 328 g/mol. The van der Waals surface area contributed by atoms with Gasteiger partial charge in [0.25, 0.3) is 11.8 Å². The number of rotatable bonds is 4. The van der Waals surface area contributed by atoms with Gasteiger partial charge in [-0.1, -0.05) is 35.4 Å². The third-order valence-corrected chi connectivity index (χ3v) is 3.68. The zero-order valence-corrected chi connectivity index (χ0v) is 14.5. The van der Waals surface area contributed by atoms with Crippen molar-refractivity contribution in [3.05, 3.63) is 83.0 Å². The number of nitrogens with zero attached hydrogens (tertiary/aromatic N) is 2. The lowest BCUT2D eigenvalue weighted by Gasteiger charge is -2.08. The number of hydrogen-bond donors (Lipinski definition) is 2. The van der Waals surface area contributed by atoms with Gasteiger partial charge >= 0.3 is 0 Å². The molecule has 0 aliphatic rings. The van der Waals surface area contributed by atoms with Gasteiger partial charge in [0, 0.05) is 17.3 Å². The number of carbonyl (C=O) groups excluding carboxylic acids is 2. The number of anilines is 2. The lowest BCUT2D eigenvalue weighted by atomic mass is 10.1. The van der Waals surface area contributed by atoms with Crippen LogP contribution in [-0.4, -0.2) is 21.8 Å². The number of benzene rings is 2.